The number of nitrogens with two attached hydrogens (primary N) is 1. The van der Waals surface area contributed by atoms with Crippen molar-refractivity contribution in [3.8, 4) is 0 Å². The van der Waals surface area contributed by atoms with Crippen LogP contribution in [0.1, 0.15) is 60.3 Å². The third kappa shape index (κ3) is 3.74. The zero-order valence-corrected chi connectivity index (χ0v) is 16.0. The number of quaternary nitrogens is 2. The van der Waals surface area contributed by atoms with Gasteiger partial charge in [-0.15, -0.1) is 0 Å². The first-order valence-electron chi connectivity index (χ1n) is 9.81. The normalized spacial score (nSPS) is 31.7. The van der Waals surface area contributed by atoms with Gasteiger partial charge in [0.05, 0.1) is 26.2 Å². The Morgan fingerprint density at radius 1 is 1.17 bits per heavy atom. The molecule has 0 aromatic rings. The molecule has 23 heavy (non-hydrogen) atoms. The third-order valence-corrected chi connectivity index (χ3v) is 7.28. The number of carbonyl (C=O) groups is 1. The molecule has 2 fully saturated rings. The van der Waals surface area contributed by atoms with Crippen LogP contribution in [0.3, 0.4) is 0 Å². The molecular weight excluding hydrogens is 286 g/mol. The van der Waals surface area contributed by atoms with Crippen LogP contribution in [-0.4, -0.2) is 44.2 Å². The van der Waals surface area contributed by atoms with Crippen molar-refractivity contribution < 1.29 is 15.0 Å². The number of hydrogen-bond donors (Lipinski definition) is 3. The van der Waals surface area contributed by atoms with Gasteiger partial charge in [-0.3, -0.25) is 4.79 Å². The van der Waals surface area contributed by atoms with Crippen LogP contribution >= 0.6 is 0 Å². The van der Waals surface area contributed by atoms with Crippen LogP contribution in [0.25, 0.3) is 0 Å². The number of amides is 1. The van der Waals surface area contributed by atoms with Gasteiger partial charge in [0.25, 0.3) is 5.91 Å². The topological polar surface area (TPSA) is 50.2 Å². The van der Waals surface area contributed by atoms with Gasteiger partial charge in [-0.25, -0.2) is 0 Å². The van der Waals surface area contributed by atoms with Crippen LogP contribution in [-0.2, 0) is 4.79 Å². The Kier molecular flexibility index (Phi) is 6.12. The maximum absolute atomic E-state index is 12.4. The zero-order chi connectivity index (χ0) is 17.1. The fourth-order valence-electron chi connectivity index (χ4n) is 5.05. The highest BCUT2D eigenvalue weighted by atomic mass is 16.2. The summed E-state index contributed by atoms with van der Waals surface area (Å²) in [5, 5.41) is 5.61. The Morgan fingerprint density at radius 3 is 2.39 bits per heavy atom. The fourth-order valence-corrected chi connectivity index (χ4v) is 5.05. The van der Waals surface area contributed by atoms with Gasteiger partial charge in [0.1, 0.15) is 0 Å². The van der Waals surface area contributed by atoms with Crippen LogP contribution in [0.5, 0.6) is 0 Å². The van der Waals surface area contributed by atoms with Crippen molar-refractivity contribution in [2.75, 3.05) is 32.7 Å². The number of fused-ring (bicyclic) bond motifs is 2. The van der Waals surface area contributed by atoms with Crippen LogP contribution in [0, 0.1) is 17.3 Å². The van der Waals surface area contributed by atoms with Crippen molar-refractivity contribution in [1.29, 1.82) is 0 Å². The second-order valence-corrected chi connectivity index (χ2v) is 8.52. The van der Waals surface area contributed by atoms with Crippen LogP contribution in [0.2, 0.25) is 0 Å². The zero-order valence-electron chi connectivity index (χ0n) is 16.0. The van der Waals surface area contributed by atoms with Crippen molar-refractivity contribution in [2.45, 2.75) is 65.8 Å². The average molecular weight is 326 g/mol. The van der Waals surface area contributed by atoms with Crippen molar-refractivity contribution in [3.63, 3.8) is 0 Å². The molecule has 2 aliphatic rings. The van der Waals surface area contributed by atoms with E-state index < -0.39 is 0 Å². The van der Waals surface area contributed by atoms with Crippen molar-refractivity contribution >= 4 is 5.91 Å². The van der Waals surface area contributed by atoms with E-state index in [4.69, 9.17) is 0 Å². The van der Waals surface area contributed by atoms with E-state index >= 15 is 0 Å². The SMILES string of the molecule is CC[NH+](CC)CCC[NH2+]CC(=O)N[C@@]1(C)[C@H]2CC[C@@H](C2)C1(C)C. The highest BCUT2D eigenvalue weighted by Crippen LogP contribution is 2.61. The molecule has 0 aromatic heterocycles. The third-order valence-electron chi connectivity index (χ3n) is 7.28. The predicted octanol–water partition coefficient (Wildman–Crippen LogP) is 0.196. The molecule has 0 aromatic carbocycles. The number of rotatable bonds is 9. The van der Waals surface area contributed by atoms with E-state index in [0.717, 1.165) is 12.5 Å². The average Bonchev–Trinajstić information content (AvgIpc) is 3.06. The Labute approximate surface area is 142 Å². The van der Waals surface area contributed by atoms with Gasteiger partial charge in [-0.1, -0.05) is 13.8 Å². The van der Waals surface area contributed by atoms with Gasteiger partial charge in [-0.05, 0) is 57.3 Å². The molecule has 0 spiro atoms. The fraction of sp³-hybridized carbons (Fsp3) is 0.947. The molecular formula is C19H39N3O+2. The van der Waals surface area contributed by atoms with E-state index in [-0.39, 0.29) is 16.9 Å². The molecule has 3 atom stereocenters. The van der Waals surface area contributed by atoms with E-state index in [2.05, 4.69) is 45.3 Å². The summed E-state index contributed by atoms with van der Waals surface area (Å²) in [4.78, 5) is 14.1. The van der Waals surface area contributed by atoms with Gasteiger partial charge in [0.15, 0.2) is 6.54 Å². The van der Waals surface area contributed by atoms with E-state index in [1.807, 2.05) is 0 Å². The lowest BCUT2D eigenvalue weighted by Crippen LogP contribution is -3.11. The predicted molar refractivity (Wildman–Crippen MR) is 94.3 cm³/mol. The first-order chi connectivity index (χ1) is 10.8. The summed E-state index contributed by atoms with van der Waals surface area (Å²) >= 11 is 0. The highest BCUT2D eigenvalue weighted by molar-refractivity contribution is 5.77. The summed E-state index contributed by atoms with van der Waals surface area (Å²) in [6.07, 6.45) is 5.14. The summed E-state index contributed by atoms with van der Waals surface area (Å²) in [6, 6.07) is 0. The lowest BCUT2D eigenvalue weighted by Gasteiger charge is -2.48. The minimum absolute atomic E-state index is 0.00773. The highest BCUT2D eigenvalue weighted by Gasteiger charge is 2.60. The van der Waals surface area contributed by atoms with E-state index in [1.54, 1.807) is 4.90 Å². The summed E-state index contributed by atoms with van der Waals surface area (Å²) in [6.45, 7) is 16.8. The molecule has 0 unspecified atom stereocenters. The molecule has 134 valence electrons. The summed E-state index contributed by atoms with van der Waals surface area (Å²) < 4.78 is 0. The molecule has 4 N–H and O–H groups in total. The Bertz CT molecular complexity index is 405. The molecule has 0 heterocycles. The Hall–Kier alpha value is -0.610. The van der Waals surface area contributed by atoms with Gasteiger partial charge < -0.3 is 15.5 Å². The summed E-state index contributed by atoms with van der Waals surface area (Å²) in [7, 11) is 0. The molecule has 1 amide bonds. The molecule has 2 bridgehead atoms. The minimum atomic E-state index is -0.00773. The van der Waals surface area contributed by atoms with Gasteiger partial charge in [0.2, 0.25) is 0 Å². The van der Waals surface area contributed by atoms with Crippen LogP contribution in [0.15, 0.2) is 0 Å². The standard InChI is InChI=1S/C19H37N3O/c1-6-22(7-2)12-8-11-20-14-17(23)21-19(5)16-10-9-15(13-16)18(19,3)4/h15-16,20H,6-14H2,1-5H3,(H,21,23)/p+2/t15-,16-,19-/m0/s1. The van der Waals surface area contributed by atoms with Crippen molar-refractivity contribution in [2.24, 2.45) is 17.3 Å². The quantitative estimate of drug-likeness (QED) is 0.521. The first-order valence-corrected chi connectivity index (χ1v) is 9.81. The van der Waals surface area contributed by atoms with Crippen LogP contribution in [0.4, 0.5) is 0 Å². The van der Waals surface area contributed by atoms with Crippen molar-refractivity contribution in [1.82, 2.24) is 5.32 Å². The van der Waals surface area contributed by atoms with Gasteiger partial charge in [0, 0.05) is 12.0 Å². The van der Waals surface area contributed by atoms with E-state index in [0.29, 0.717) is 12.5 Å². The maximum Gasteiger partial charge on any atom is 0.275 e. The molecule has 2 saturated carbocycles. The summed E-state index contributed by atoms with van der Waals surface area (Å²) in [5.41, 5.74) is 0.226. The minimum Gasteiger partial charge on any atom is -0.345 e. The van der Waals surface area contributed by atoms with Crippen molar-refractivity contribution in [3.05, 3.63) is 0 Å². The first kappa shape index (κ1) is 18.7. The second-order valence-electron chi connectivity index (χ2n) is 8.52. The lowest BCUT2D eigenvalue weighted by molar-refractivity contribution is -0.898. The van der Waals surface area contributed by atoms with E-state index in [1.165, 1.54) is 45.3 Å². The van der Waals surface area contributed by atoms with Gasteiger partial charge in [-0.2, -0.15) is 0 Å². The molecule has 2 aliphatic carbocycles. The molecule has 0 radical (unpaired) electrons. The second kappa shape index (κ2) is 7.52. The Balaban J connectivity index is 1.71. The smallest absolute Gasteiger partial charge is 0.275 e. The molecule has 0 saturated heterocycles. The molecule has 4 heteroatoms. The largest absolute Gasteiger partial charge is 0.345 e. The lowest BCUT2D eigenvalue weighted by atomic mass is 9.64. The molecule has 2 rings (SSSR count). The van der Waals surface area contributed by atoms with Gasteiger partial charge >= 0.3 is 0 Å². The van der Waals surface area contributed by atoms with E-state index in [9.17, 15) is 4.79 Å². The number of hydrogen-bond acceptors (Lipinski definition) is 1. The number of nitrogens with one attached hydrogen (secondary N) is 2. The summed E-state index contributed by atoms with van der Waals surface area (Å²) in [5.74, 6) is 1.69. The number of carbonyl (C=O) groups excluding carboxylic acids is 1. The molecule has 4 nitrogen and oxygen atoms in total. The molecule has 0 aliphatic heterocycles. The maximum atomic E-state index is 12.4. The Morgan fingerprint density at radius 2 is 1.83 bits per heavy atom. The monoisotopic (exact) mass is 325 g/mol. The van der Waals surface area contributed by atoms with Crippen LogP contribution < -0.4 is 15.5 Å².